The number of ether oxygens (including phenoxy) is 1. The highest BCUT2D eigenvalue weighted by Gasteiger charge is 2.31. The van der Waals surface area contributed by atoms with Crippen LogP contribution in [0.3, 0.4) is 0 Å². The fraction of sp³-hybridized carbons (Fsp3) is 0.300. The number of methoxy groups -OCH3 is 1. The molecule has 1 aliphatic carbocycles. The molecular formula is C20H23N3O4S. The van der Waals surface area contributed by atoms with Gasteiger partial charge in [-0.3, -0.25) is 9.78 Å². The predicted octanol–water partition coefficient (Wildman–Crippen LogP) is 2.20. The second-order valence-electron chi connectivity index (χ2n) is 6.47. The van der Waals surface area contributed by atoms with E-state index >= 15 is 0 Å². The van der Waals surface area contributed by atoms with E-state index in [4.69, 9.17) is 4.74 Å². The molecule has 0 saturated heterocycles. The molecule has 0 bridgehead atoms. The first-order valence-electron chi connectivity index (χ1n) is 8.95. The van der Waals surface area contributed by atoms with Crippen LogP contribution in [0.4, 0.5) is 0 Å². The van der Waals surface area contributed by atoms with Gasteiger partial charge in [-0.1, -0.05) is 12.1 Å². The van der Waals surface area contributed by atoms with E-state index in [-0.39, 0.29) is 22.6 Å². The van der Waals surface area contributed by atoms with E-state index in [9.17, 15) is 13.2 Å². The van der Waals surface area contributed by atoms with Crippen molar-refractivity contribution in [2.24, 2.45) is 0 Å². The number of sulfonamides is 1. The van der Waals surface area contributed by atoms with E-state index in [0.29, 0.717) is 12.1 Å². The molecule has 0 aliphatic heterocycles. The quantitative estimate of drug-likeness (QED) is 0.685. The molecule has 1 aliphatic rings. The summed E-state index contributed by atoms with van der Waals surface area (Å²) >= 11 is 0. The second kappa shape index (κ2) is 8.53. The molecule has 8 heteroatoms. The Labute approximate surface area is 165 Å². The molecule has 1 N–H and O–H groups in total. The molecule has 1 saturated carbocycles. The monoisotopic (exact) mass is 401 g/mol. The van der Waals surface area contributed by atoms with Crippen LogP contribution >= 0.6 is 0 Å². The van der Waals surface area contributed by atoms with E-state index in [2.05, 4.69) is 9.71 Å². The highest BCUT2D eigenvalue weighted by Crippen LogP contribution is 2.29. The first-order chi connectivity index (χ1) is 13.4. The van der Waals surface area contributed by atoms with E-state index in [0.717, 1.165) is 18.5 Å². The highest BCUT2D eigenvalue weighted by molar-refractivity contribution is 7.89. The molecule has 3 rings (SSSR count). The maximum Gasteiger partial charge on any atom is 0.247 e. The van der Waals surface area contributed by atoms with Gasteiger partial charge in [0.25, 0.3) is 0 Å². The predicted molar refractivity (Wildman–Crippen MR) is 106 cm³/mol. The molecule has 1 aromatic heterocycles. The number of carbonyl (C=O) groups excluding carboxylic acids is 1. The maximum atomic E-state index is 12.7. The van der Waals surface area contributed by atoms with Crippen molar-refractivity contribution >= 4 is 22.0 Å². The number of hydrogen-bond donors (Lipinski definition) is 1. The van der Waals surface area contributed by atoms with E-state index in [1.807, 2.05) is 18.2 Å². The van der Waals surface area contributed by atoms with Gasteiger partial charge in [-0.25, -0.2) is 13.1 Å². The highest BCUT2D eigenvalue weighted by atomic mass is 32.2. The number of carbonyl (C=O) groups is 1. The molecular weight excluding hydrogens is 378 g/mol. The number of pyridine rings is 1. The average Bonchev–Trinajstić information content (AvgIpc) is 3.56. The topological polar surface area (TPSA) is 88.6 Å². The molecule has 1 heterocycles. The fourth-order valence-electron chi connectivity index (χ4n) is 2.82. The van der Waals surface area contributed by atoms with Crippen molar-refractivity contribution < 1.29 is 17.9 Å². The zero-order valence-electron chi connectivity index (χ0n) is 15.8. The average molecular weight is 401 g/mol. The number of hydrogen-bond acceptors (Lipinski definition) is 5. The number of nitrogens with zero attached hydrogens (tertiary/aromatic N) is 2. The summed E-state index contributed by atoms with van der Waals surface area (Å²) in [5.74, 6) is 0.120. The molecule has 0 radical (unpaired) electrons. The van der Waals surface area contributed by atoms with Crippen molar-refractivity contribution in [2.45, 2.75) is 30.3 Å². The number of amides is 1. The lowest BCUT2D eigenvalue weighted by Gasteiger charge is -2.20. The van der Waals surface area contributed by atoms with Gasteiger partial charge in [0.15, 0.2) is 0 Å². The molecule has 0 spiro atoms. The van der Waals surface area contributed by atoms with Crippen LogP contribution in [0.1, 0.15) is 24.1 Å². The third-order valence-electron chi connectivity index (χ3n) is 4.49. The van der Waals surface area contributed by atoms with Crippen molar-refractivity contribution in [1.82, 2.24) is 14.6 Å². The molecule has 0 unspecified atom stereocenters. The molecule has 148 valence electrons. The van der Waals surface area contributed by atoms with Gasteiger partial charge < -0.3 is 9.64 Å². The lowest BCUT2D eigenvalue weighted by atomic mass is 10.2. The van der Waals surface area contributed by atoms with Gasteiger partial charge in [-0.05, 0) is 55.8 Å². The third kappa shape index (κ3) is 4.76. The first kappa shape index (κ1) is 20.0. The summed E-state index contributed by atoms with van der Waals surface area (Å²) in [4.78, 5) is 18.8. The van der Waals surface area contributed by atoms with Crippen LogP contribution < -0.4 is 9.46 Å². The minimum absolute atomic E-state index is 0.0274. The molecule has 1 aromatic carbocycles. The molecule has 1 amide bonds. The van der Waals surface area contributed by atoms with Crippen molar-refractivity contribution in [2.75, 3.05) is 14.2 Å². The van der Waals surface area contributed by atoms with Crippen LogP contribution in [-0.2, 0) is 21.4 Å². The van der Waals surface area contributed by atoms with Crippen LogP contribution in [0.15, 0.2) is 53.6 Å². The molecule has 28 heavy (non-hydrogen) atoms. The molecule has 0 atom stereocenters. The Morgan fingerprint density at radius 1 is 1.32 bits per heavy atom. The van der Waals surface area contributed by atoms with Crippen molar-refractivity contribution in [1.29, 1.82) is 0 Å². The van der Waals surface area contributed by atoms with Gasteiger partial charge in [0.2, 0.25) is 15.9 Å². The molecule has 2 aromatic rings. The summed E-state index contributed by atoms with van der Waals surface area (Å²) in [5.41, 5.74) is 1.43. The van der Waals surface area contributed by atoms with Gasteiger partial charge >= 0.3 is 0 Å². The number of nitrogens with one attached hydrogen (secondary N) is 1. The van der Waals surface area contributed by atoms with Gasteiger partial charge in [-0.2, -0.15) is 0 Å². The molecule has 1 fully saturated rings. The van der Waals surface area contributed by atoms with Crippen molar-refractivity contribution in [3.63, 3.8) is 0 Å². The lowest BCUT2D eigenvalue weighted by Crippen LogP contribution is -2.31. The summed E-state index contributed by atoms with van der Waals surface area (Å²) in [7, 11) is -0.925. The van der Waals surface area contributed by atoms with E-state index in [1.165, 1.54) is 26.3 Å². The summed E-state index contributed by atoms with van der Waals surface area (Å²) < 4.78 is 31.8. The Morgan fingerprint density at radius 2 is 2.11 bits per heavy atom. The minimum atomic E-state index is -3.67. The maximum absolute atomic E-state index is 12.7. The van der Waals surface area contributed by atoms with Crippen LogP contribution in [0, 0.1) is 0 Å². The lowest BCUT2D eigenvalue weighted by molar-refractivity contribution is -0.127. The van der Waals surface area contributed by atoms with Crippen LogP contribution in [0.2, 0.25) is 0 Å². The van der Waals surface area contributed by atoms with Crippen LogP contribution in [0.5, 0.6) is 5.75 Å². The normalized spacial score (nSPS) is 14.2. The summed E-state index contributed by atoms with van der Waals surface area (Å²) in [6, 6.07) is 10.6. The van der Waals surface area contributed by atoms with Crippen LogP contribution in [-0.4, -0.2) is 44.4 Å². The fourth-order valence-corrected chi connectivity index (χ4v) is 3.75. The van der Waals surface area contributed by atoms with E-state index in [1.54, 1.807) is 29.3 Å². The smallest absolute Gasteiger partial charge is 0.247 e. The Morgan fingerprint density at radius 3 is 2.71 bits per heavy atom. The van der Waals surface area contributed by atoms with Crippen molar-refractivity contribution in [3.05, 3.63) is 59.9 Å². The minimum Gasteiger partial charge on any atom is -0.495 e. The number of benzene rings is 1. The zero-order valence-corrected chi connectivity index (χ0v) is 16.6. The Bertz CT molecular complexity index is 970. The Balaban J connectivity index is 1.80. The van der Waals surface area contributed by atoms with Gasteiger partial charge in [0.05, 0.1) is 19.3 Å². The SMILES string of the molecule is CNS(=O)(=O)c1cc(C=CC(=O)N(Cc2ccccn2)C2CC2)ccc1OC. The van der Waals surface area contributed by atoms with Gasteiger partial charge in [0.1, 0.15) is 10.6 Å². The van der Waals surface area contributed by atoms with Gasteiger partial charge in [0, 0.05) is 18.3 Å². The Hall–Kier alpha value is -2.71. The zero-order chi connectivity index (χ0) is 20.1. The summed E-state index contributed by atoms with van der Waals surface area (Å²) in [6.07, 6.45) is 6.77. The van der Waals surface area contributed by atoms with E-state index < -0.39 is 10.0 Å². The van der Waals surface area contributed by atoms with Crippen LogP contribution in [0.25, 0.3) is 6.08 Å². The van der Waals surface area contributed by atoms with Gasteiger partial charge in [-0.15, -0.1) is 0 Å². The third-order valence-corrected chi connectivity index (χ3v) is 5.93. The number of aromatic nitrogens is 1. The standard InChI is InChI=1S/C20H23N3O4S/c1-21-28(25,26)19-13-15(6-10-18(19)27-2)7-11-20(24)23(17-8-9-17)14-16-5-3-4-12-22-16/h3-7,10-13,17,21H,8-9,14H2,1-2H3. The summed E-state index contributed by atoms with van der Waals surface area (Å²) in [6.45, 7) is 0.455. The first-order valence-corrected chi connectivity index (χ1v) is 10.4. The van der Waals surface area contributed by atoms with Crippen molar-refractivity contribution in [3.8, 4) is 5.75 Å². The largest absolute Gasteiger partial charge is 0.495 e. The summed E-state index contributed by atoms with van der Waals surface area (Å²) in [5, 5.41) is 0. The second-order valence-corrected chi connectivity index (χ2v) is 8.32. The number of rotatable bonds is 8. The molecule has 7 nitrogen and oxygen atoms in total. The Kier molecular flexibility index (Phi) is 6.11.